The number of likely N-dealkylation sites (N-methyl/N-ethyl adjacent to an activating group) is 1. The zero-order chi connectivity index (χ0) is 11.1. The molecular weight excluding hydrogens is 263 g/mol. The van der Waals surface area contributed by atoms with E-state index in [9.17, 15) is 4.79 Å². The van der Waals surface area contributed by atoms with Crippen molar-refractivity contribution in [2.75, 3.05) is 27.2 Å². The normalized spacial score (nSPS) is 9.06. The second-order valence-electron chi connectivity index (χ2n) is 3.44. The van der Waals surface area contributed by atoms with Crippen LogP contribution in [0.2, 0.25) is 0 Å². The summed E-state index contributed by atoms with van der Waals surface area (Å²) < 4.78 is 1.82. The van der Waals surface area contributed by atoms with E-state index in [1.54, 1.807) is 11.1 Å². The molecule has 7 heteroatoms. The predicted octanol–water partition coefficient (Wildman–Crippen LogP) is 0.795. The first-order valence-electron chi connectivity index (χ1n) is 5.10. The van der Waals surface area contributed by atoms with Crippen LogP contribution in [0.1, 0.15) is 6.42 Å². The number of aromatic nitrogens is 2. The van der Waals surface area contributed by atoms with Crippen molar-refractivity contribution < 1.29 is 4.79 Å². The fourth-order valence-corrected chi connectivity index (χ4v) is 1.23. The number of nitrogens with zero attached hydrogens (tertiary/aromatic N) is 3. The van der Waals surface area contributed by atoms with Gasteiger partial charge in [-0.15, -0.1) is 24.8 Å². The molecule has 0 saturated heterocycles. The summed E-state index contributed by atoms with van der Waals surface area (Å²) in [5, 5.41) is 7.03. The Morgan fingerprint density at radius 2 is 2.18 bits per heavy atom. The minimum Gasteiger partial charge on any atom is -0.344 e. The van der Waals surface area contributed by atoms with E-state index in [1.165, 1.54) is 0 Å². The number of amides is 1. The first-order valence-corrected chi connectivity index (χ1v) is 5.10. The molecule has 1 heterocycles. The third-order valence-corrected chi connectivity index (χ3v) is 2.24. The quantitative estimate of drug-likeness (QED) is 0.840. The van der Waals surface area contributed by atoms with Gasteiger partial charge in [0.25, 0.3) is 0 Å². The first-order chi connectivity index (χ1) is 7.24. The van der Waals surface area contributed by atoms with Gasteiger partial charge in [0.15, 0.2) is 0 Å². The van der Waals surface area contributed by atoms with E-state index < -0.39 is 0 Å². The van der Waals surface area contributed by atoms with Crippen LogP contribution in [0, 0.1) is 0 Å². The molecule has 0 saturated carbocycles. The molecule has 1 N–H and O–H groups in total. The molecule has 100 valence electrons. The summed E-state index contributed by atoms with van der Waals surface area (Å²) in [4.78, 5) is 13.3. The van der Waals surface area contributed by atoms with Crippen molar-refractivity contribution >= 4 is 30.7 Å². The molecule has 0 atom stereocenters. The van der Waals surface area contributed by atoms with Gasteiger partial charge in [-0.1, -0.05) is 0 Å². The zero-order valence-electron chi connectivity index (χ0n) is 10.1. The lowest BCUT2D eigenvalue weighted by Crippen LogP contribution is -2.31. The number of halogens is 2. The molecule has 1 rings (SSSR count). The van der Waals surface area contributed by atoms with Gasteiger partial charge in [-0.05, 0) is 13.1 Å². The number of rotatable bonds is 6. The third kappa shape index (κ3) is 7.20. The summed E-state index contributed by atoms with van der Waals surface area (Å²) >= 11 is 0. The number of nitrogens with one attached hydrogen (secondary N) is 1. The van der Waals surface area contributed by atoms with Crippen LogP contribution < -0.4 is 5.32 Å². The monoisotopic (exact) mass is 282 g/mol. The van der Waals surface area contributed by atoms with Crippen molar-refractivity contribution in [2.45, 2.75) is 13.0 Å². The largest absolute Gasteiger partial charge is 0.344 e. The number of hydrogen-bond acceptors (Lipinski definition) is 3. The highest BCUT2D eigenvalue weighted by atomic mass is 35.5. The molecule has 0 aromatic carbocycles. The number of carbonyl (C=O) groups excluding carboxylic acids is 1. The molecule has 1 aromatic heterocycles. The highest BCUT2D eigenvalue weighted by Crippen LogP contribution is 1.92. The van der Waals surface area contributed by atoms with Crippen molar-refractivity contribution in [1.82, 2.24) is 20.0 Å². The van der Waals surface area contributed by atoms with Crippen molar-refractivity contribution in [3.8, 4) is 0 Å². The smallest absolute Gasteiger partial charge is 0.223 e. The van der Waals surface area contributed by atoms with Gasteiger partial charge in [0, 0.05) is 39.0 Å². The Labute approximate surface area is 114 Å². The van der Waals surface area contributed by atoms with Gasteiger partial charge >= 0.3 is 0 Å². The Morgan fingerprint density at radius 3 is 2.71 bits per heavy atom. The van der Waals surface area contributed by atoms with Crippen LogP contribution in [0.5, 0.6) is 0 Å². The number of hydrogen-bond donors (Lipinski definition) is 1. The van der Waals surface area contributed by atoms with Gasteiger partial charge in [0.1, 0.15) is 0 Å². The lowest BCUT2D eigenvalue weighted by Gasteiger charge is -2.16. The molecule has 0 aliphatic rings. The van der Waals surface area contributed by atoms with E-state index in [-0.39, 0.29) is 30.7 Å². The van der Waals surface area contributed by atoms with E-state index in [0.717, 1.165) is 13.1 Å². The Balaban J connectivity index is 0. The molecule has 0 spiro atoms. The van der Waals surface area contributed by atoms with Crippen molar-refractivity contribution in [3.63, 3.8) is 0 Å². The molecule has 0 fully saturated rings. The summed E-state index contributed by atoms with van der Waals surface area (Å²) in [7, 11) is 3.67. The van der Waals surface area contributed by atoms with Gasteiger partial charge in [0.2, 0.25) is 5.91 Å². The van der Waals surface area contributed by atoms with Gasteiger partial charge < -0.3 is 10.2 Å². The molecule has 5 nitrogen and oxygen atoms in total. The van der Waals surface area contributed by atoms with Crippen LogP contribution in [-0.2, 0) is 11.3 Å². The molecule has 0 radical (unpaired) electrons. The molecule has 1 amide bonds. The lowest BCUT2D eigenvalue weighted by atomic mass is 10.3. The Bertz CT molecular complexity index is 293. The summed E-state index contributed by atoms with van der Waals surface area (Å²) in [6.45, 7) is 2.17. The molecule has 1 aromatic rings. The highest BCUT2D eigenvalue weighted by molar-refractivity contribution is 5.85. The Morgan fingerprint density at radius 1 is 1.47 bits per heavy atom. The molecule has 0 aliphatic carbocycles. The van der Waals surface area contributed by atoms with Crippen molar-refractivity contribution in [2.24, 2.45) is 0 Å². The molecule has 0 unspecified atom stereocenters. The van der Waals surface area contributed by atoms with Crippen molar-refractivity contribution in [3.05, 3.63) is 18.5 Å². The van der Waals surface area contributed by atoms with Crippen molar-refractivity contribution in [1.29, 1.82) is 0 Å². The van der Waals surface area contributed by atoms with Crippen LogP contribution in [0.15, 0.2) is 18.5 Å². The Kier molecular flexibility index (Phi) is 11.3. The SMILES string of the molecule is CNCCC(=O)N(C)CCn1cccn1.Cl.Cl. The fourth-order valence-electron chi connectivity index (χ4n) is 1.23. The maximum Gasteiger partial charge on any atom is 0.223 e. The summed E-state index contributed by atoms with van der Waals surface area (Å²) in [5.41, 5.74) is 0. The molecule has 0 aliphatic heterocycles. The van der Waals surface area contributed by atoms with E-state index in [0.29, 0.717) is 13.0 Å². The zero-order valence-corrected chi connectivity index (χ0v) is 11.8. The average molecular weight is 283 g/mol. The maximum absolute atomic E-state index is 11.5. The minimum atomic E-state index is 0. The van der Waals surface area contributed by atoms with Gasteiger partial charge in [0.05, 0.1) is 6.54 Å². The van der Waals surface area contributed by atoms with Crippen LogP contribution in [0.25, 0.3) is 0 Å². The fraction of sp³-hybridized carbons (Fsp3) is 0.600. The molecule has 17 heavy (non-hydrogen) atoms. The maximum atomic E-state index is 11.5. The third-order valence-electron chi connectivity index (χ3n) is 2.24. The minimum absolute atomic E-state index is 0. The van der Waals surface area contributed by atoms with E-state index in [4.69, 9.17) is 0 Å². The van der Waals surface area contributed by atoms with Crippen LogP contribution >= 0.6 is 24.8 Å². The number of carbonyl (C=O) groups is 1. The van der Waals surface area contributed by atoms with Gasteiger partial charge in [-0.3, -0.25) is 9.48 Å². The highest BCUT2D eigenvalue weighted by Gasteiger charge is 2.07. The van der Waals surface area contributed by atoms with Crippen LogP contribution in [0.4, 0.5) is 0 Å². The summed E-state index contributed by atoms with van der Waals surface area (Å²) in [6.07, 6.45) is 4.18. The van der Waals surface area contributed by atoms with Crippen LogP contribution in [-0.4, -0.2) is 47.8 Å². The summed E-state index contributed by atoms with van der Waals surface area (Å²) in [6, 6.07) is 1.88. The summed E-state index contributed by atoms with van der Waals surface area (Å²) in [5.74, 6) is 0.163. The standard InChI is InChI=1S/C10H18N4O.2ClH/c1-11-6-4-10(15)13(2)8-9-14-7-3-5-12-14;;/h3,5,7,11H,4,6,8-9H2,1-2H3;2*1H. The van der Waals surface area contributed by atoms with E-state index in [1.807, 2.05) is 31.0 Å². The topological polar surface area (TPSA) is 50.2 Å². The average Bonchev–Trinajstić information content (AvgIpc) is 2.75. The van der Waals surface area contributed by atoms with Gasteiger partial charge in [-0.2, -0.15) is 5.10 Å². The Hall–Kier alpha value is -0.780. The second kappa shape index (κ2) is 10.4. The van der Waals surface area contributed by atoms with Gasteiger partial charge in [-0.25, -0.2) is 0 Å². The molecule has 0 bridgehead atoms. The van der Waals surface area contributed by atoms with Crippen LogP contribution in [0.3, 0.4) is 0 Å². The van der Waals surface area contributed by atoms with E-state index in [2.05, 4.69) is 10.4 Å². The lowest BCUT2D eigenvalue weighted by molar-refractivity contribution is -0.129. The molecular formula is C10H20Cl2N4O. The second-order valence-corrected chi connectivity index (χ2v) is 3.44. The predicted molar refractivity (Wildman–Crippen MR) is 72.9 cm³/mol. The van der Waals surface area contributed by atoms with E-state index >= 15 is 0 Å². The first kappa shape index (κ1) is 18.6.